The summed E-state index contributed by atoms with van der Waals surface area (Å²) in [6, 6.07) is 1.29. The van der Waals surface area contributed by atoms with Crippen LogP contribution in [0.15, 0.2) is 6.07 Å². The second kappa shape index (κ2) is 11.0. The lowest BCUT2D eigenvalue weighted by molar-refractivity contribution is 0.356. The van der Waals surface area contributed by atoms with Crippen molar-refractivity contribution in [2.75, 3.05) is 0 Å². The molecule has 0 fully saturated rings. The smallest absolute Gasteiger partial charge is 0.161 e. The molecule has 0 saturated carbocycles. The van der Waals surface area contributed by atoms with Crippen LogP contribution in [0.1, 0.15) is 110 Å². The van der Waals surface area contributed by atoms with Crippen molar-refractivity contribution in [2.24, 2.45) is 10.8 Å². The Balaban J connectivity index is 2.58. The van der Waals surface area contributed by atoms with Gasteiger partial charge in [-0.05, 0) is 49.4 Å². The van der Waals surface area contributed by atoms with Crippen molar-refractivity contribution < 1.29 is 15.3 Å². The van der Waals surface area contributed by atoms with Gasteiger partial charge < -0.3 is 15.3 Å². The molecule has 0 heterocycles. The Bertz CT molecular complexity index is 591. The molecule has 0 spiro atoms. The van der Waals surface area contributed by atoms with Crippen LogP contribution in [0.25, 0.3) is 0 Å². The van der Waals surface area contributed by atoms with Crippen molar-refractivity contribution in [3.8, 4) is 17.2 Å². The quantitative estimate of drug-likeness (QED) is 0.208. The highest BCUT2D eigenvalue weighted by Crippen LogP contribution is 2.39. The summed E-state index contributed by atoms with van der Waals surface area (Å²) in [7, 11) is 0. The van der Waals surface area contributed by atoms with Crippen LogP contribution in [-0.4, -0.2) is 15.3 Å². The number of hydrogen-bond donors (Lipinski definition) is 3. The number of benzene rings is 1. The first kappa shape index (κ1) is 24.7. The number of phenolic OH excluding ortho intramolecular Hbond substituents is 3. The standard InChI is InChI=1S/C25H44O3/c1-24(2,3)16-12-8-7-10-14-19-20(23(28)22(27)18-21(19)26)15-11-9-13-17-25(4,5)6/h18,26-28H,7-17H2,1-6H3. The fourth-order valence-corrected chi connectivity index (χ4v) is 3.73. The number of hydrogen-bond acceptors (Lipinski definition) is 3. The van der Waals surface area contributed by atoms with E-state index in [4.69, 9.17) is 0 Å². The summed E-state index contributed by atoms with van der Waals surface area (Å²) in [4.78, 5) is 0. The Labute approximate surface area is 173 Å². The number of phenols is 3. The van der Waals surface area contributed by atoms with E-state index in [1.807, 2.05) is 0 Å². The summed E-state index contributed by atoms with van der Waals surface area (Å²) in [6.45, 7) is 13.6. The van der Waals surface area contributed by atoms with Gasteiger partial charge >= 0.3 is 0 Å². The van der Waals surface area contributed by atoms with Gasteiger partial charge in [0, 0.05) is 17.2 Å². The van der Waals surface area contributed by atoms with Gasteiger partial charge in [0.05, 0.1) is 0 Å². The van der Waals surface area contributed by atoms with Gasteiger partial charge in [-0.25, -0.2) is 0 Å². The van der Waals surface area contributed by atoms with Crippen LogP contribution in [-0.2, 0) is 12.8 Å². The lowest BCUT2D eigenvalue weighted by atomic mass is 9.88. The number of unbranched alkanes of at least 4 members (excludes halogenated alkanes) is 5. The third kappa shape index (κ3) is 9.71. The predicted molar refractivity (Wildman–Crippen MR) is 119 cm³/mol. The molecular weight excluding hydrogens is 348 g/mol. The van der Waals surface area contributed by atoms with E-state index in [1.165, 1.54) is 31.7 Å². The fourth-order valence-electron chi connectivity index (χ4n) is 3.73. The number of aromatic hydroxyl groups is 3. The maximum Gasteiger partial charge on any atom is 0.161 e. The van der Waals surface area contributed by atoms with Crippen LogP contribution in [0.5, 0.6) is 17.2 Å². The zero-order chi connectivity index (χ0) is 21.4. The molecule has 1 aromatic carbocycles. The average molecular weight is 393 g/mol. The maximum absolute atomic E-state index is 10.4. The Morgan fingerprint density at radius 3 is 1.50 bits per heavy atom. The molecular formula is C25H44O3. The summed E-state index contributed by atoms with van der Waals surface area (Å²) < 4.78 is 0. The van der Waals surface area contributed by atoms with Crippen LogP contribution < -0.4 is 0 Å². The summed E-state index contributed by atoms with van der Waals surface area (Å²) in [6.07, 6.45) is 11.7. The monoisotopic (exact) mass is 392 g/mol. The van der Waals surface area contributed by atoms with Crippen LogP contribution in [0.3, 0.4) is 0 Å². The van der Waals surface area contributed by atoms with Crippen LogP contribution in [0.4, 0.5) is 0 Å². The molecule has 0 saturated heterocycles. The van der Waals surface area contributed by atoms with E-state index in [1.54, 1.807) is 0 Å². The largest absolute Gasteiger partial charge is 0.508 e. The van der Waals surface area contributed by atoms with Gasteiger partial charge in [-0.1, -0.05) is 73.6 Å². The lowest BCUT2D eigenvalue weighted by Gasteiger charge is -2.18. The molecule has 0 unspecified atom stereocenters. The summed E-state index contributed by atoms with van der Waals surface area (Å²) in [5.41, 5.74) is 2.30. The third-order valence-corrected chi connectivity index (χ3v) is 5.43. The predicted octanol–water partition coefficient (Wildman–Crippen LogP) is 7.49. The summed E-state index contributed by atoms with van der Waals surface area (Å²) in [5.74, 6) is -0.137. The normalized spacial score (nSPS) is 12.5. The second-order valence-corrected chi connectivity index (χ2v) is 10.8. The summed E-state index contributed by atoms with van der Waals surface area (Å²) >= 11 is 0. The minimum atomic E-state index is -0.212. The molecule has 0 aromatic heterocycles. The van der Waals surface area contributed by atoms with Gasteiger partial charge in [0.1, 0.15) is 5.75 Å². The van der Waals surface area contributed by atoms with E-state index in [9.17, 15) is 15.3 Å². The Morgan fingerprint density at radius 2 is 1.00 bits per heavy atom. The van der Waals surface area contributed by atoms with Gasteiger partial charge in [-0.2, -0.15) is 0 Å². The molecule has 1 aromatic rings. The molecule has 0 atom stereocenters. The van der Waals surface area contributed by atoms with Crippen LogP contribution >= 0.6 is 0 Å². The van der Waals surface area contributed by atoms with Crippen LogP contribution in [0.2, 0.25) is 0 Å². The molecule has 0 radical (unpaired) electrons. The van der Waals surface area contributed by atoms with Crippen molar-refractivity contribution in [3.63, 3.8) is 0 Å². The van der Waals surface area contributed by atoms with Gasteiger partial charge in [0.15, 0.2) is 11.5 Å². The topological polar surface area (TPSA) is 60.7 Å². The third-order valence-electron chi connectivity index (χ3n) is 5.43. The van der Waals surface area contributed by atoms with Crippen molar-refractivity contribution in [1.82, 2.24) is 0 Å². The minimum Gasteiger partial charge on any atom is -0.508 e. The molecule has 0 bridgehead atoms. The molecule has 162 valence electrons. The van der Waals surface area contributed by atoms with E-state index >= 15 is 0 Å². The molecule has 1 rings (SSSR count). The van der Waals surface area contributed by atoms with Crippen molar-refractivity contribution in [1.29, 1.82) is 0 Å². The first-order valence-electron chi connectivity index (χ1n) is 11.2. The van der Waals surface area contributed by atoms with E-state index < -0.39 is 0 Å². The number of rotatable bonds is 11. The first-order chi connectivity index (χ1) is 12.9. The Kier molecular flexibility index (Phi) is 9.66. The molecule has 0 aliphatic heterocycles. The van der Waals surface area contributed by atoms with Crippen LogP contribution in [0, 0.1) is 10.8 Å². The van der Waals surface area contributed by atoms with E-state index in [0.29, 0.717) is 17.3 Å². The Morgan fingerprint density at radius 1 is 0.571 bits per heavy atom. The van der Waals surface area contributed by atoms with Gasteiger partial charge in [0.25, 0.3) is 0 Å². The fraction of sp³-hybridized carbons (Fsp3) is 0.760. The first-order valence-corrected chi connectivity index (χ1v) is 11.2. The molecule has 0 aliphatic rings. The summed E-state index contributed by atoms with van der Waals surface area (Å²) in [5, 5.41) is 30.6. The van der Waals surface area contributed by atoms with Crippen molar-refractivity contribution in [3.05, 3.63) is 17.2 Å². The zero-order valence-corrected chi connectivity index (χ0v) is 19.2. The van der Waals surface area contributed by atoms with Gasteiger partial charge in [-0.15, -0.1) is 0 Å². The van der Waals surface area contributed by atoms with Crippen molar-refractivity contribution >= 4 is 0 Å². The van der Waals surface area contributed by atoms with E-state index in [0.717, 1.165) is 49.7 Å². The van der Waals surface area contributed by atoms with Gasteiger partial charge in [0.2, 0.25) is 0 Å². The maximum atomic E-state index is 10.4. The SMILES string of the molecule is CC(C)(C)CCCCCCc1c(O)cc(O)c(O)c1CCCCCC(C)(C)C. The van der Waals surface area contributed by atoms with Gasteiger partial charge in [-0.3, -0.25) is 0 Å². The second-order valence-electron chi connectivity index (χ2n) is 10.8. The van der Waals surface area contributed by atoms with E-state index in [2.05, 4.69) is 41.5 Å². The highest BCUT2D eigenvalue weighted by atomic mass is 16.3. The van der Waals surface area contributed by atoms with E-state index in [-0.39, 0.29) is 17.2 Å². The molecule has 3 heteroatoms. The lowest BCUT2D eigenvalue weighted by Crippen LogP contribution is -2.04. The molecule has 28 heavy (non-hydrogen) atoms. The molecule has 3 N–H and O–H groups in total. The Hall–Kier alpha value is -1.38. The highest BCUT2D eigenvalue weighted by molar-refractivity contribution is 5.55. The average Bonchev–Trinajstić information content (AvgIpc) is 2.54. The zero-order valence-electron chi connectivity index (χ0n) is 19.2. The molecule has 0 aliphatic carbocycles. The molecule has 3 nitrogen and oxygen atoms in total. The molecule has 0 amide bonds. The highest BCUT2D eigenvalue weighted by Gasteiger charge is 2.17. The van der Waals surface area contributed by atoms with Crippen molar-refractivity contribution in [2.45, 2.75) is 112 Å². The minimum absolute atomic E-state index is 0.0450.